The summed E-state index contributed by atoms with van der Waals surface area (Å²) in [7, 11) is -2.86. The van der Waals surface area contributed by atoms with Crippen molar-refractivity contribution >= 4 is 50.1 Å². The van der Waals surface area contributed by atoms with Crippen LogP contribution in [0, 0.1) is 5.92 Å². The van der Waals surface area contributed by atoms with Crippen LogP contribution in [0.4, 0.5) is 0 Å². The van der Waals surface area contributed by atoms with Crippen LogP contribution in [0.2, 0.25) is 0 Å². The molecule has 0 aliphatic carbocycles. The maximum Gasteiger partial charge on any atom is 0.258 e. The first-order chi connectivity index (χ1) is 18.4. The summed E-state index contributed by atoms with van der Waals surface area (Å²) in [6, 6.07) is 5.36. The molecule has 1 fully saturated rings. The number of hydrogen-bond acceptors (Lipinski definition) is 6. The molecule has 1 saturated heterocycles. The number of amides is 3. The summed E-state index contributed by atoms with van der Waals surface area (Å²) in [6.07, 6.45) is 6.50. The third-order valence-electron chi connectivity index (χ3n) is 7.07. The van der Waals surface area contributed by atoms with E-state index in [1.54, 1.807) is 25.3 Å². The number of benzene rings is 1. The molecule has 2 aliphatic rings. The van der Waals surface area contributed by atoms with Crippen LogP contribution in [0.1, 0.15) is 57.8 Å². The predicted octanol–water partition coefficient (Wildman–Crippen LogP) is 1.68. The zero-order chi connectivity index (χ0) is 28.3. The van der Waals surface area contributed by atoms with Gasteiger partial charge in [0.15, 0.2) is 0 Å². The van der Waals surface area contributed by atoms with Crippen LogP contribution in [0.15, 0.2) is 36.5 Å². The normalized spacial score (nSPS) is 30.2. The fourth-order valence-electron chi connectivity index (χ4n) is 4.76. The minimum atomic E-state index is -2.86. The molecule has 2 aromatic rings. The van der Waals surface area contributed by atoms with Gasteiger partial charge >= 0.3 is 0 Å². The zero-order valence-electron chi connectivity index (χ0n) is 22.9. The van der Waals surface area contributed by atoms with E-state index < -0.39 is 33.7 Å². The topological polar surface area (TPSA) is 133 Å². The van der Waals surface area contributed by atoms with E-state index in [9.17, 15) is 18.6 Å². The maximum atomic E-state index is 13.3. The molecule has 10 nitrogen and oxygen atoms in total. The Labute approximate surface area is 230 Å². The lowest BCUT2D eigenvalue weighted by Gasteiger charge is -2.35. The highest BCUT2D eigenvalue weighted by atomic mass is 32.2. The summed E-state index contributed by atoms with van der Waals surface area (Å²) in [5.41, 5.74) is 4.67. The number of pyridine rings is 1. The Kier molecular flexibility index (Phi) is 8.73. The fraction of sp³-hybridized carbons (Fsp3) is 0.464. The van der Waals surface area contributed by atoms with Crippen molar-refractivity contribution in [1.29, 1.82) is 0 Å². The Hall–Kier alpha value is -3.28. The number of carbonyl (C=O) groups excluding carboxylic acids is 3. The van der Waals surface area contributed by atoms with Gasteiger partial charge in [-0.05, 0) is 67.6 Å². The highest BCUT2D eigenvalue weighted by molar-refractivity contribution is 7.98. The maximum absolute atomic E-state index is 13.3. The predicted molar refractivity (Wildman–Crippen MR) is 155 cm³/mol. The van der Waals surface area contributed by atoms with Gasteiger partial charge in [-0.1, -0.05) is 32.1 Å². The zero-order valence-corrected chi connectivity index (χ0v) is 23.7. The second-order valence-corrected chi connectivity index (χ2v) is 12.9. The monoisotopic (exact) mass is 554 g/mol. The molecule has 3 heterocycles. The van der Waals surface area contributed by atoms with Gasteiger partial charge in [0.1, 0.15) is 12.1 Å². The first-order valence-electron chi connectivity index (χ1n) is 13.3. The summed E-state index contributed by atoms with van der Waals surface area (Å²) < 4.78 is 16.2. The highest BCUT2D eigenvalue weighted by Crippen LogP contribution is 2.22. The molecule has 1 unspecified atom stereocenters. The highest BCUT2D eigenvalue weighted by Gasteiger charge is 2.33. The second-order valence-electron chi connectivity index (χ2n) is 10.7. The second kappa shape index (κ2) is 11.8. The Morgan fingerprint density at radius 2 is 1.79 bits per heavy atom. The van der Waals surface area contributed by atoms with Crippen LogP contribution in [-0.2, 0) is 24.1 Å². The Morgan fingerprint density at radius 3 is 2.54 bits per heavy atom. The summed E-state index contributed by atoms with van der Waals surface area (Å²) in [5.74, 6) is 2.74. The molecule has 1 aromatic carbocycles. The quantitative estimate of drug-likeness (QED) is 0.397. The molecule has 11 heteroatoms. The van der Waals surface area contributed by atoms with Gasteiger partial charge < -0.3 is 10.6 Å². The van der Waals surface area contributed by atoms with Gasteiger partial charge in [-0.15, -0.1) is 0 Å². The summed E-state index contributed by atoms with van der Waals surface area (Å²) in [6.45, 7) is 7.61. The van der Waals surface area contributed by atoms with E-state index in [1.165, 1.54) is 5.01 Å². The number of rotatable bonds is 1. The van der Waals surface area contributed by atoms with Crippen LogP contribution in [0.5, 0.6) is 0 Å². The van der Waals surface area contributed by atoms with E-state index >= 15 is 0 Å². The average Bonchev–Trinajstić information content (AvgIpc) is 2.90. The van der Waals surface area contributed by atoms with Crippen molar-refractivity contribution in [2.75, 3.05) is 12.3 Å². The van der Waals surface area contributed by atoms with Crippen LogP contribution in [0.25, 0.3) is 16.8 Å². The van der Waals surface area contributed by atoms with E-state index in [4.69, 9.17) is 0 Å². The first-order valence-corrected chi connectivity index (χ1v) is 15.2. The van der Waals surface area contributed by atoms with Crippen molar-refractivity contribution in [2.45, 2.75) is 64.7 Å². The molecule has 210 valence electrons. The van der Waals surface area contributed by atoms with Gasteiger partial charge in [0.05, 0.1) is 17.8 Å². The average molecular weight is 555 g/mol. The molecule has 0 radical (unpaired) electrons. The molecular formula is C28H38N6O4S. The lowest BCUT2D eigenvalue weighted by molar-refractivity contribution is -0.143. The standard InChI is InChI=1S/C28H38N6O4S/c1-17(2)25-27(36)31-19(4)28(37)34-12-6-9-24(32-34)26(35)30-18(3)20-10-11-21-16-29-23(15-22(21)14-20)8-7-13-39(5,38)33-25/h7-8,10-11,14-19,24-25,32H,5-6,9,12-13H2,1-4H3,(H,30,35)(H,31,36)(H,33,38)/b8-7+/t18-,19+,24+,25+,39?/m1/s1. The van der Waals surface area contributed by atoms with E-state index in [1.807, 2.05) is 45.0 Å². The van der Waals surface area contributed by atoms with Gasteiger partial charge in [-0.2, -0.15) is 0 Å². The molecule has 39 heavy (non-hydrogen) atoms. The van der Waals surface area contributed by atoms with Crippen LogP contribution < -0.4 is 20.8 Å². The molecule has 0 spiro atoms. The number of fused-ring (bicyclic) bond motifs is 4. The van der Waals surface area contributed by atoms with Crippen molar-refractivity contribution in [2.24, 2.45) is 5.92 Å². The molecule has 4 N–H and O–H groups in total. The number of hydrazine groups is 1. The number of nitrogens with one attached hydrogen (secondary N) is 4. The number of hydrogen-bond donors (Lipinski definition) is 4. The van der Waals surface area contributed by atoms with Crippen molar-refractivity contribution in [1.82, 2.24) is 30.8 Å². The first kappa shape index (κ1) is 28.7. The molecule has 4 rings (SSSR count). The number of nitrogens with zero attached hydrogens (tertiary/aromatic N) is 2. The van der Waals surface area contributed by atoms with Crippen LogP contribution >= 0.6 is 0 Å². The van der Waals surface area contributed by atoms with E-state index in [0.717, 1.165) is 16.3 Å². The van der Waals surface area contributed by atoms with Crippen LogP contribution in [-0.4, -0.2) is 68.2 Å². The molecule has 2 aliphatic heterocycles. The number of carbonyl (C=O) groups is 3. The smallest absolute Gasteiger partial charge is 0.258 e. The fourth-order valence-corrected chi connectivity index (χ4v) is 6.11. The summed E-state index contributed by atoms with van der Waals surface area (Å²) >= 11 is 0. The minimum Gasteiger partial charge on any atom is -0.348 e. The molecule has 0 saturated carbocycles. The molecule has 5 atom stereocenters. The van der Waals surface area contributed by atoms with Crippen molar-refractivity contribution in [3.8, 4) is 0 Å². The Bertz CT molecular complexity index is 1390. The van der Waals surface area contributed by atoms with E-state index in [0.29, 0.717) is 25.1 Å². The molecular weight excluding hydrogens is 516 g/mol. The molecule has 3 amide bonds. The SMILES string of the molecule is C=S1(=O)C/C=C/c2cc3cc(ccc3cn2)[C@@H](C)NC(=O)[C@@H]2CCCN(N2)C(=O)[C@H](C)NC(=O)[C@H](C(C)C)N1. The van der Waals surface area contributed by atoms with Gasteiger partial charge in [-0.25, -0.2) is 10.1 Å². The Balaban J connectivity index is 1.68. The van der Waals surface area contributed by atoms with Crippen LogP contribution in [0.3, 0.4) is 0 Å². The van der Waals surface area contributed by atoms with Crippen molar-refractivity contribution in [3.63, 3.8) is 0 Å². The third-order valence-corrected chi connectivity index (χ3v) is 8.48. The van der Waals surface area contributed by atoms with Crippen molar-refractivity contribution in [3.05, 3.63) is 47.8 Å². The van der Waals surface area contributed by atoms with Gasteiger partial charge in [0.2, 0.25) is 11.8 Å². The van der Waals surface area contributed by atoms with E-state index in [2.05, 4.69) is 31.6 Å². The van der Waals surface area contributed by atoms with Gasteiger partial charge in [0, 0.05) is 33.6 Å². The summed E-state index contributed by atoms with van der Waals surface area (Å²) in [5, 5.41) is 9.13. The lowest BCUT2D eigenvalue weighted by Crippen LogP contribution is -2.62. The third kappa shape index (κ3) is 7.03. The molecule has 5 bridgehead atoms. The summed E-state index contributed by atoms with van der Waals surface area (Å²) in [4.78, 5) is 43.9. The van der Waals surface area contributed by atoms with Crippen molar-refractivity contribution < 1.29 is 18.6 Å². The lowest BCUT2D eigenvalue weighted by atomic mass is 10.0. The largest absolute Gasteiger partial charge is 0.348 e. The van der Waals surface area contributed by atoms with Gasteiger partial charge in [-0.3, -0.25) is 28.6 Å². The van der Waals surface area contributed by atoms with Gasteiger partial charge in [0.25, 0.3) is 5.91 Å². The minimum absolute atomic E-state index is 0.0971. The van der Waals surface area contributed by atoms with E-state index in [-0.39, 0.29) is 29.5 Å². The Morgan fingerprint density at radius 1 is 1.05 bits per heavy atom. The number of aromatic nitrogens is 1. The molecule has 1 aromatic heterocycles.